The van der Waals surface area contributed by atoms with E-state index in [1.165, 1.54) is 33.8 Å². The number of hydrogen-bond acceptors (Lipinski definition) is 8. The molecule has 32 heavy (non-hydrogen) atoms. The molecule has 2 heterocycles. The highest BCUT2D eigenvalue weighted by atomic mass is 32.1. The maximum atomic E-state index is 4.34. The van der Waals surface area contributed by atoms with Crippen LogP contribution in [0, 0.1) is 13.8 Å². The molecule has 0 saturated carbocycles. The topological polar surface area (TPSA) is 75.6 Å². The molecule has 0 fully saturated rings. The molecule has 0 bridgehead atoms. The summed E-state index contributed by atoms with van der Waals surface area (Å²) < 4.78 is 0. The van der Waals surface area contributed by atoms with Gasteiger partial charge in [0.05, 0.1) is 0 Å². The number of aryl methyl sites for hydroxylation is 2. The smallest absolute Gasteiger partial charge is 0.210 e. The van der Waals surface area contributed by atoms with Gasteiger partial charge in [-0.15, -0.1) is 20.4 Å². The zero-order chi connectivity index (χ0) is 21.9. The third-order valence-electron chi connectivity index (χ3n) is 4.77. The van der Waals surface area contributed by atoms with Gasteiger partial charge in [0, 0.05) is 22.5 Å². The van der Waals surface area contributed by atoms with Crippen molar-refractivity contribution in [3.8, 4) is 21.1 Å². The summed E-state index contributed by atoms with van der Waals surface area (Å²) in [6.07, 6.45) is 0. The van der Waals surface area contributed by atoms with Crippen LogP contribution in [0.1, 0.15) is 11.1 Å². The molecule has 2 N–H and O–H groups in total. The number of aromatic nitrogens is 4. The molecule has 6 nitrogen and oxygen atoms in total. The molecule has 0 unspecified atom stereocenters. The molecule has 8 heteroatoms. The monoisotopic (exact) mass is 456 g/mol. The molecule has 158 valence electrons. The number of nitrogens with one attached hydrogen (secondary N) is 2. The molecule has 0 atom stereocenters. The lowest BCUT2D eigenvalue weighted by Crippen LogP contribution is -1.89. The van der Waals surface area contributed by atoms with Crippen molar-refractivity contribution in [2.24, 2.45) is 0 Å². The van der Waals surface area contributed by atoms with E-state index < -0.39 is 0 Å². The zero-order valence-electron chi connectivity index (χ0n) is 17.5. The fourth-order valence-corrected chi connectivity index (χ4v) is 4.77. The summed E-state index contributed by atoms with van der Waals surface area (Å²) in [5.74, 6) is 0. The summed E-state index contributed by atoms with van der Waals surface area (Å²) in [6, 6.07) is 24.6. The SMILES string of the molecule is Cc1cccc(Nc2nnc(-c3ccc(-c4nnc(Nc5cccc(C)c5)s4)cc3)s2)c1. The standard InChI is InChI=1S/C24H20N6S2/c1-15-5-3-7-19(13-15)25-23-29-27-21(31-23)17-9-11-18(12-10-17)22-28-30-24(32-22)26-20-8-4-6-16(2)14-20/h3-14H,1-2H3,(H,25,29)(H,26,30). The van der Waals surface area contributed by atoms with Crippen LogP contribution in [0.2, 0.25) is 0 Å². The van der Waals surface area contributed by atoms with Crippen molar-refractivity contribution in [2.45, 2.75) is 13.8 Å². The van der Waals surface area contributed by atoms with E-state index in [1.54, 1.807) is 0 Å². The highest BCUT2D eigenvalue weighted by molar-refractivity contribution is 7.18. The van der Waals surface area contributed by atoms with Crippen LogP contribution in [0.3, 0.4) is 0 Å². The fraction of sp³-hybridized carbons (Fsp3) is 0.0833. The van der Waals surface area contributed by atoms with E-state index in [0.29, 0.717) is 0 Å². The Kier molecular flexibility index (Phi) is 5.62. The van der Waals surface area contributed by atoms with Crippen LogP contribution in [0.5, 0.6) is 0 Å². The Hall–Kier alpha value is -3.62. The second-order valence-corrected chi connectivity index (χ2v) is 9.35. The summed E-state index contributed by atoms with van der Waals surface area (Å²) in [5, 5.41) is 27.1. The minimum atomic E-state index is 0.769. The summed E-state index contributed by atoms with van der Waals surface area (Å²) in [5.41, 5.74) is 6.45. The number of benzene rings is 3. The van der Waals surface area contributed by atoms with Crippen LogP contribution >= 0.6 is 22.7 Å². The number of nitrogens with zero attached hydrogens (tertiary/aromatic N) is 4. The molecule has 0 amide bonds. The van der Waals surface area contributed by atoms with E-state index in [1.807, 2.05) is 48.5 Å². The molecular formula is C24H20N6S2. The van der Waals surface area contributed by atoms with Gasteiger partial charge in [-0.05, 0) is 49.2 Å². The van der Waals surface area contributed by atoms with Gasteiger partial charge < -0.3 is 10.6 Å². The molecule has 0 saturated heterocycles. The molecule has 5 rings (SSSR count). The van der Waals surface area contributed by atoms with Crippen molar-refractivity contribution in [3.05, 3.63) is 83.9 Å². The molecule has 3 aromatic carbocycles. The van der Waals surface area contributed by atoms with Gasteiger partial charge in [-0.25, -0.2) is 0 Å². The third kappa shape index (κ3) is 4.66. The van der Waals surface area contributed by atoms with E-state index in [9.17, 15) is 0 Å². The first-order valence-corrected chi connectivity index (χ1v) is 11.7. The maximum absolute atomic E-state index is 4.34. The molecule has 0 radical (unpaired) electrons. The van der Waals surface area contributed by atoms with Crippen LogP contribution in [-0.2, 0) is 0 Å². The summed E-state index contributed by atoms with van der Waals surface area (Å²) in [4.78, 5) is 0. The number of rotatable bonds is 6. The summed E-state index contributed by atoms with van der Waals surface area (Å²) in [7, 11) is 0. The molecule has 0 aliphatic rings. The highest BCUT2D eigenvalue weighted by Gasteiger charge is 2.10. The number of anilines is 4. The zero-order valence-corrected chi connectivity index (χ0v) is 19.2. The Morgan fingerprint density at radius 2 is 1.00 bits per heavy atom. The Morgan fingerprint density at radius 1 is 0.562 bits per heavy atom. The lowest BCUT2D eigenvalue weighted by atomic mass is 10.1. The van der Waals surface area contributed by atoms with E-state index in [4.69, 9.17) is 0 Å². The van der Waals surface area contributed by atoms with Crippen molar-refractivity contribution in [3.63, 3.8) is 0 Å². The fourth-order valence-electron chi connectivity index (χ4n) is 3.23. The van der Waals surface area contributed by atoms with Crippen LogP contribution in [-0.4, -0.2) is 20.4 Å². The Balaban J connectivity index is 1.29. The first-order valence-electron chi connectivity index (χ1n) is 10.1. The van der Waals surface area contributed by atoms with E-state index in [0.717, 1.165) is 42.8 Å². The maximum Gasteiger partial charge on any atom is 0.210 e. The molecule has 0 aliphatic heterocycles. The Morgan fingerprint density at radius 3 is 1.41 bits per heavy atom. The van der Waals surface area contributed by atoms with Gasteiger partial charge in [0.25, 0.3) is 0 Å². The van der Waals surface area contributed by atoms with Gasteiger partial charge in [-0.2, -0.15) is 0 Å². The van der Waals surface area contributed by atoms with Crippen molar-refractivity contribution in [2.75, 3.05) is 10.6 Å². The largest absolute Gasteiger partial charge is 0.330 e. The van der Waals surface area contributed by atoms with Gasteiger partial charge in [0.1, 0.15) is 10.0 Å². The van der Waals surface area contributed by atoms with Gasteiger partial charge in [0.15, 0.2) is 0 Å². The first-order chi connectivity index (χ1) is 15.6. The Bertz CT molecular complexity index is 1250. The second kappa shape index (κ2) is 8.86. The van der Waals surface area contributed by atoms with Crippen LogP contribution in [0.4, 0.5) is 21.6 Å². The molecular weight excluding hydrogens is 436 g/mol. The van der Waals surface area contributed by atoms with Gasteiger partial charge in [0.2, 0.25) is 10.3 Å². The second-order valence-electron chi connectivity index (χ2n) is 7.39. The molecule has 0 spiro atoms. The van der Waals surface area contributed by atoms with Gasteiger partial charge in [-0.1, -0.05) is 71.2 Å². The van der Waals surface area contributed by atoms with Gasteiger partial charge >= 0.3 is 0 Å². The average molecular weight is 457 g/mol. The Labute approximate surface area is 194 Å². The van der Waals surface area contributed by atoms with E-state index in [-0.39, 0.29) is 0 Å². The molecule has 0 aliphatic carbocycles. The van der Waals surface area contributed by atoms with E-state index >= 15 is 0 Å². The number of hydrogen-bond donors (Lipinski definition) is 2. The average Bonchev–Trinajstić information content (AvgIpc) is 3.44. The highest BCUT2D eigenvalue weighted by Crippen LogP contribution is 2.32. The van der Waals surface area contributed by atoms with Crippen molar-refractivity contribution < 1.29 is 0 Å². The van der Waals surface area contributed by atoms with Crippen LogP contribution < -0.4 is 10.6 Å². The van der Waals surface area contributed by atoms with Crippen LogP contribution in [0.15, 0.2) is 72.8 Å². The predicted molar refractivity (Wildman–Crippen MR) is 133 cm³/mol. The van der Waals surface area contributed by atoms with Crippen LogP contribution in [0.25, 0.3) is 21.1 Å². The molecule has 5 aromatic rings. The van der Waals surface area contributed by atoms with E-state index in [2.05, 4.69) is 69.1 Å². The first kappa shape index (κ1) is 20.3. The van der Waals surface area contributed by atoms with Crippen molar-refractivity contribution in [1.82, 2.24) is 20.4 Å². The normalized spacial score (nSPS) is 10.8. The summed E-state index contributed by atoms with van der Waals surface area (Å²) in [6.45, 7) is 4.13. The third-order valence-corrected chi connectivity index (χ3v) is 6.54. The lowest BCUT2D eigenvalue weighted by Gasteiger charge is -2.02. The van der Waals surface area contributed by atoms with Crippen molar-refractivity contribution in [1.29, 1.82) is 0 Å². The molecule has 2 aromatic heterocycles. The predicted octanol–water partition coefficient (Wildman–Crippen LogP) is 6.83. The quantitative estimate of drug-likeness (QED) is 0.292. The minimum absolute atomic E-state index is 0.769. The minimum Gasteiger partial charge on any atom is -0.330 e. The summed E-state index contributed by atoms with van der Waals surface area (Å²) >= 11 is 3.05. The lowest BCUT2D eigenvalue weighted by molar-refractivity contribution is 1.09. The van der Waals surface area contributed by atoms with Gasteiger partial charge in [-0.3, -0.25) is 0 Å². The van der Waals surface area contributed by atoms with Crippen molar-refractivity contribution >= 4 is 44.3 Å².